The number of unbranched alkanes of at least 4 members (excludes halogenated alkanes) is 1. The van der Waals surface area contributed by atoms with Gasteiger partial charge in [-0.25, -0.2) is 4.98 Å². The molecule has 0 aliphatic carbocycles. The molecule has 3 aromatic rings. The lowest BCUT2D eigenvalue weighted by Crippen LogP contribution is -2.22. The maximum atomic E-state index is 12.6. The maximum Gasteiger partial charge on any atom is 0.239 e. The fraction of sp³-hybridized carbons (Fsp3) is 0.261. The molecule has 1 unspecified atom stereocenters. The maximum absolute atomic E-state index is 12.6. The number of halogens is 1. The zero-order valence-corrected chi connectivity index (χ0v) is 19.7. The average Bonchev–Trinajstić information content (AvgIpc) is 3.22. The molecule has 2 aromatic carbocycles. The molecule has 2 N–H and O–H groups in total. The van der Waals surface area contributed by atoms with Crippen LogP contribution in [0.2, 0.25) is 5.02 Å². The van der Waals surface area contributed by atoms with E-state index in [-0.39, 0.29) is 17.1 Å². The molecule has 0 aliphatic heterocycles. The third kappa shape index (κ3) is 6.82. The van der Waals surface area contributed by atoms with Crippen LogP contribution in [0.25, 0.3) is 11.3 Å². The van der Waals surface area contributed by atoms with Gasteiger partial charge in [-0.05, 0) is 43.7 Å². The molecule has 0 saturated carbocycles. The molecule has 0 radical (unpaired) electrons. The summed E-state index contributed by atoms with van der Waals surface area (Å²) in [5.41, 5.74) is 2.34. The Morgan fingerprint density at radius 1 is 1.13 bits per heavy atom. The number of thioether (sulfide) groups is 1. The predicted octanol–water partition coefficient (Wildman–Crippen LogP) is 6.71. The van der Waals surface area contributed by atoms with Gasteiger partial charge in [0.1, 0.15) is 0 Å². The second-order valence-corrected chi connectivity index (χ2v) is 9.62. The van der Waals surface area contributed by atoms with Crippen LogP contribution in [0, 0.1) is 0 Å². The summed E-state index contributed by atoms with van der Waals surface area (Å²) in [7, 11) is 0. The minimum Gasteiger partial charge on any atom is -0.326 e. The number of carbonyl (C=O) groups excluding carboxylic acids is 2. The Balaban J connectivity index is 1.54. The van der Waals surface area contributed by atoms with Crippen LogP contribution in [0.5, 0.6) is 0 Å². The van der Waals surface area contributed by atoms with E-state index in [9.17, 15) is 9.59 Å². The predicted molar refractivity (Wildman–Crippen MR) is 131 cm³/mol. The number of thiazole rings is 1. The number of carbonyl (C=O) groups is 2. The first kappa shape index (κ1) is 23.3. The highest BCUT2D eigenvalue weighted by Gasteiger charge is 2.17. The topological polar surface area (TPSA) is 71.1 Å². The number of hydrogen-bond donors (Lipinski definition) is 2. The average molecular weight is 474 g/mol. The molecule has 3 rings (SSSR count). The quantitative estimate of drug-likeness (QED) is 0.339. The number of anilines is 2. The van der Waals surface area contributed by atoms with Crippen molar-refractivity contribution in [1.82, 2.24) is 4.98 Å². The molecule has 0 spiro atoms. The third-order valence-electron chi connectivity index (χ3n) is 4.46. The summed E-state index contributed by atoms with van der Waals surface area (Å²) in [5, 5.41) is 8.50. The van der Waals surface area contributed by atoms with E-state index in [4.69, 9.17) is 11.6 Å². The van der Waals surface area contributed by atoms with E-state index < -0.39 is 0 Å². The highest BCUT2D eigenvalue weighted by Crippen LogP contribution is 2.31. The molecule has 31 heavy (non-hydrogen) atoms. The van der Waals surface area contributed by atoms with Crippen LogP contribution in [0.4, 0.5) is 10.8 Å². The number of benzene rings is 2. The van der Waals surface area contributed by atoms with E-state index in [1.807, 2.05) is 60.8 Å². The van der Waals surface area contributed by atoms with Crippen LogP contribution in [0.3, 0.4) is 0 Å². The molecule has 5 nitrogen and oxygen atoms in total. The van der Waals surface area contributed by atoms with E-state index in [0.29, 0.717) is 16.6 Å². The van der Waals surface area contributed by atoms with Gasteiger partial charge >= 0.3 is 0 Å². The molecule has 0 aliphatic rings. The van der Waals surface area contributed by atoms with Gasteiger partial charge in [0.2, 0.25) is 11.8 Å². The number of nitrogens with one attached hydrogen (secondary N) is 2. The van der Waals surface area contributed by atoms with Crippen molar-refractivity contribution in [1.29, 1.82) is 0 Å². The molecule has 0 fully saturated rings. The fourth-order valence-electron chi connectivity index (χ4n) is 2.77. The monoisotopic (exact) mass is 473 g/mol. The molecule has 1 aromatic heterocycles. The van der Waals surface area contributed by atoms with Crippen LogP contribution >= 0.6 is 34.7 Å². The number of amides is 2. The lowest BCUT2D eigenvalue weighted by atomic mass is 10.2. The normalized spacial score (nSPS) is 11.7. The minimum absolute atomic E-state index is 0.0228. The molecule has 0 saturated heterocycles. The number of hydrogen-bond acceptors (Lipinski definition) is 5. The molecular weight excluding hydrogens is 450 g/mol. The summed E-state index contributed by atoms with van der Waals surface area (Å²) in [6.07, 6.45) is 2.40. The summed E-state index contributed by atoms with van der Waals surface area (Å²) in [6.45, 7) is 3.91. The lowest BCUT2D eigenvalue weighted by molar-refractivity contribution is -0.116. The second kappa shape index (κ2) is 11.3. The van der Waals surface area contributed by atoms with Crippen molar-refractivity contribution in [2.75, 3.05) is 10.6 Å². The van der Waals surface area contributed by atoms with Gasteiger partial charge in [-0.15, -0.1) is 23.1 Å². The second-order valence-electron chi connectivity index (χ2n) is 6.94. The van der Waals surface area contributed by atoms with Crippen molar-refractivity contribution in [2.45, 2.75) is 43.3 Å². The zero-order chi connectivity index (χ0) is 22.2. The van der Waals surface area contributed by atoms with Crippen molar-refractivity contribution in [3.8, 4) is 11.3 Å². The van der Waals surface area contributed by atoms with E-state index in [2.05, 4.69) is 22.5 Å². The van der Waals surface area contributed by atoms with E-state index in [1.54, 1.807) is 0 Å². The lowest BCUT2D eigenvalue weighted by Gasteiger charge is -2.11. The van der Waals surface area contributed by atoms with E-state index in [0.717, 1.165) is 34.7 Å². The summed E-state index contributed by atoms with van der Waals surface area (Å²) in [6, 6.07) is 15.0. The van der Waals surface area contributed by atoms with E-state index in [1.165, 1.54) is 23.1 Å². The molecule has 2 amide bonds. The smallest absolute Gasteiger partial charge is 0.239 e. The zero-order valence-electron chi connectivity index (χ0n) is 17.4. The molecule has 1 atom stereocenters. The SMILES string of the molecule is CCCCC(=O)Nc1ccc(SC(C)C(=O)Nc2nc(-c3ccccc3Cl)cs2)cc1. The highest BCUT2D eigenvalue weighted by atomic mass is 35.5. The fourth-order valence-corrected chi connectivity index (χ4v) is 4.58. The molecule has 8 heteroatoms. The van der Waals surface area contributed by atoms with Crippen molar-refractivity contribution >= 4 is 57.3 Å². The standard InChI is InChI=1S/C23H24ClN3O2S2/c1-3-4-9-21(28)25-16-10-12-17(13-11-16)31-15(2)22(29)27-23-26-20(14-30-23)18-7-5-6-8-19(18)24/h5-8,10-15H,3-4,9H2,1-2H3,(H,25,28)(H,26,27,29). The summed E-state index contributed by atoms with van der Waals surface area (Å²) >= 11 is 9.04. The Morgan fingerprint density at radius 3 is 2.58 bits per heavy atom. The molecule has 1 heterocycles. The highest BCUT2D eigenvalue weighted by molar-refractivity contribution is 8.00. The van der Waals surface area contributed by atoms with Gasteiger partial charge in [0.15, 0.2) is 5.13 Å². The van der Waals surface area contributed by atoms with Gasteiger partial charge in [0.05, 0.1) is 10.9 Å². The van der Waals surface area contributed by atoms with Crippen molar-refractivity contribution in [2.24, 2.45) is 0 Å². The van der Waals surface area contributed by atoms with Crippen molar-refractivity contribution in [3.63, 3.8) is 0 Å². The number of rotatable bonds is 9. The van der Waals surface area contributed by atoms with Crippen molar-refractivity contribution in [3.05, 3.63) is 58.9 Å². The van der Waals surface area contributed by atoms with Gasteiger partial charge in [-0.3, -0.25) is 9.59 Å². The minimum atomic E-state index is -0.308. The summed E-state index contributed by atoms with van der Waals surface area (Å²) in [5.74, 6) is -0.100. The van der Waals surface area contributed by atoms with Gasteiger partial charge < -0.3 is 10.6 Å². The van der Waals surface area contributed by atoms with Crippen LogP contribution in [0.1, 0.15) is 33.1 Å². The first-order chi connectivity index (χ1) is 15.0. The van der Waals surface area contributed by atoms with Gasteiger partial charge in [-0.1, -0.05) is 43.1 Å². The molecular formula is C23H24ClN3O2S2. The number of nitrogens with zero attached hydrogens (tertiary/aromatic N) is 1. The van der Waals surface area contributed by atoms with Crippen LogP contribution in [0.15, 0.2) is 58.8 Å². The van der Waals surface area contributed by atoms with Crippen LogP contribution in [-0.4, -0.2) is 22.0 Å². The summed E-state index contributed by atoms with van der Waals surface area (Å²) < 4.78 is 0. The largest absolute Gasteiger partial charge is 0.326 e. The Bertz CT molecular complexity index is 1040. The molecule has 0 bridgehead atoms. The Morgan fingerprint density at radius 2 is 1.87 bits per heavy atom. The first-order valence-electron chi connectivity index (χ1n) is 10.0. The van der Waals surface area contributed by atoms with Crippen LogP contribution in [-0.2, 0) is 9.59 Å². The Hall–Kier alpha value is -2.35. The number of aromatic nitrogens is 1. The Labute approximate surface area is 195 Å². The van der Waals surface area contributed by atoms with E-state index >= 15 is 0 Å². The van der Waals surface area contributed by atoms with Gasteiger partial charge in [0.25, 0.3) is 0 Å². The Kier molecular flexibility index (Phi) is 8.51. The molecule has 162 valence electrons. The van der Waals surface area contributed by atoms with Gasteiger partial charge in [-0.2, -0.15) is 0 Å². The van der Waals surface area contributed by atoms with Crippen molar-refractivity contribution < 1.29 is 9.59 Å². The van der Waals surface area contributed by atoms with Gasteiger partial charge in [0, 0.05) is 33.0 Å². The third-order valence-corrected chi connectivity index (χ3v) is 6.66. The summed E-state index contributed by atoms with van der Waals surface area (Å²) in [4.78, 5) is 29.9. The first-order valence-corrected chi connectivity index (χ1v) is 12.2. The van der Waals surface area contributed by atoms with Crippen LogP contribution < -0.4 is 10.6 Å².